The van der Waals surface area contributed by atoms with E-state index in [0.29, 0.717) is 30.5 Å². The van der Waals surface area contributed by atoms with E-state index in [4.69, 9.17) is 16.3 Å². The number of halogens is 1. The maximum Gasteiger partial charge on any atom is 0.317 e. The van der Waals surface area contributed by atoms with E-state index in [1.165, 1.54) is 0 Å². The van der Waals surface area contributed by atoms with Crippen LogP contribution in [0.4, 0.5) is 4.79 Å². The van der Waals surface area contributed by atoms with Crippen LogP contribution in [0.2, 0.25) is 5.02 Å². The third-order valence-corrected chi connectivity index (χ3v) is 3.88. The highest BCUT2D eigenvalue weighted by Crippen LogP contribution is 2.16. The zero-order valence-electron chi connectivity index (χ0n) is 12.5. The Labute approximate surface area is 139 Å². The Balaban J connectivity index is 1.46. The summed E-state index contributed by atoms with van der Waals surface area (Å²) in [6.45, 7) is 1.68. The van der Waals surface area contributed by atoms with E-state index in [-0.39, 0.29) is 12.1 Å². The molecule has 7 heteroatoms. The highest BCUT2D eigenvalue weighted by molar-refractivity contribution is 6.30. The highest BCUT2D eigenvalue weighted by atomic mass is 35.5. The second-order valence-corrected chi connectivity index (χ2v) is 5.76. The molecule has 120 valence electrons. The van der Waals surface area contributed by atoms with E-state index in [0.717, 1.165) is 12.0 Å². The van der Waals surface area contributed by atoms with Crippen molar-refractivity contribution >= 4 is 17.6 Å². The molecule has 1 unspecified atom stereocenters. The first-order chi connectivity index (χ1) is 11.2. The van der Waals surface area contributed by atoms with Gasteiger partial charge < -0.3 is 15.0 Å². The van der Waals surface area contributed by atoms with Crippen LogP contribution >= 0.6 is 11.6 Å². The molecule has 6 nitrogen and oxygen atoms in total. The van der Waals surface area contributed by atoms with Crippen LogP contribution in [0.3, 0.4) is 0 Å². The summed E-state index contributed by atoms with van der Waals surface area (Å²) in [4.78, 5) is 13.9. The molecule has 1 aromatic carbocycles. The van der Waals surface area contributed by atoms with Crippen LogP contribution in [0.5, 0.6) is 5.88 Å². The van der Waals surface area contributed by atoms with Crippen molar-refractivity contribution in [2.24, 2.45) is 0 Å². The van der Waals surface area contributed by atoms with E-state index in [9.17, 15) is 4.79 Å². The molecule has 1 saturated heterocycles. The number of ether oxygens (including phenoxy) is 1. The van der Waals surface area contributed by atoms with Crippen molar-refractivity contribution in [2.75, 3.05) is 13.1 Å². The molecule has 0 aliphatic carbocycles. The standard InChI is InChI=1S/C16H17ClN4O2/c17-13-5-3-12(4-6-13)10-18-16(22)21-9-7-14(11-21)23-15-2-1-8-19-20-15/h1-6,8,14H,7,9-11H2,(H,18,22). The van der Waals surface area contributed by atoms with Crippen molar-refractivity contribution < 1.29 is 9.53 Å². The van der Waals surface area contributed by atoms with Crippen LogP contribution in [0, 0.1) is 0 Å². The van der Waals surface area contributed by atoms with Gasteiger partial charge in [-0.1, -0.05) is 23.7 Å². The summed E-state index contributed by atoms with van der Waals surface area (Å²) in [7, 11) is 0. The quantitative estimate of drug-likeness (QED) is 0.934. The van der Waals surface area contributed by atoms with E-state index in [1.807, 2.05) is 24.3 Å². The number of amides is 2. The number of nitrogens with zero attached hydrogens (tertiary/aromatic N) is 3. The summed E-state index contributed by atoms with van der Waals surface area (Å²) in [6, 6.07) is 10.8. The number of aromatic nitrogens is 2. The molecule has 1 aliphatic heterocycles. The number of nitrogens with one attached hydrogen (secondary N) is 1. The number of rotatable bonds is 4. The van der Waals surface area contributed by atoms with Crippen molar-refractivity contribution in [1.29, 1.82) is 0 Å². The summed E-state index contributed by atoms with van der Waals surface area (Å²) in [5.74, 6) is 0.487. The maximum atomic E-state index is 12.2. The van der Waals surface area contributed by atoms with Crippen molar-refractivity contribution in [3.8, 4) is 5.88 Å². The van der Waals surface area contributed by atoms with Gasteiger partial charge in [0.25, 0.3) is 0 Å². The largest absolute Gasteiger partial charge is 0.471 e. The van der Waals surface area contributed by atoms with Crippen molar-refractivity contribution in [3.05, 3.63) is 53.2 Å². The number of carbonyl (C=O) groups is 1. The minimum atomic E-state index is -0.0924. The molecule has 2 aromatic rings. The van der Waals surface area contributed by atoms with Crippen molar-refractivity contribution in [3.63, 3.8) is 0 Å². The fraction of sp³-hybridized carbons (Fsp3) is 0.312. The van der Waals surface area contributed by atoms with Gasteiger partial charge in [0.1, 0.15) is 6.10 Å². The Kier molecular flexibility index (Phi) is 4.92. The van der Waals surface area contributed by atoms with Gasteiger partial charge in [0.15, 0.2) is 0 Å². The van der Waals surface area contributed by atoms with Crippen LogP contribution in [-0.4, -0.2) is 40.3 Å². The maximum absolute atomic E-state index is 12.2. The Hall–Kier alpha value is -2.34. The molecule has 0 radical (unpaired) electrons. The number of hydrogen-bond acceptors (Lipinski definition) is 4. The minimum Gasteiger partial charge on any atom is -0.471 e. The van der Waals surface area contributed by atoms with E-state index >= 15 is 0 Å². The van der Waals surface area contributed by atoms with E-state index in [2.05, 4.69) is 15.5 Å². The molecule has 2 heterocycles. The number of benzene rings is 1. The van der Waals surface area contributed by atoms with Gasteiger partial charge in [0.2, 0.25) is 5.88 Å². The molecule has 1 fully saturated rings. The number of hydrogen-bond donors (Lipinski definition) is 1. The van der Waals surface area contributed by atoms with Crippen LogP contribution < -0.4 is 10.1 Å². The Bertz CT molecular complexity index is 651. The lowest BCUT2D eigenvalue weighted by Crippen LogP contribution is -2.39. The Morgan fingerprint density at radius 3 is 2.91 bits per heavy atom. The van der Waals surface area contributed by atoms with Gasteiger partial charge in [0, 0.05) is 36.8 Å². The van der Waals surface area contributed by atoms with Gasteiger partial charge in [0.05, 0.1) is 6.54 Å². The molecule has 0 saturated carbocycles. The van der Waals surface area contributed by atoms with Gasteiger partial charge in [-0.2, -0.15) is 5.10 Å². The average molecular weight is 333 g/mol. The average Bonchev–Trinajstić information content (AvgIpc) is 3.03. The van der Waals surface area contributed by atoms with Crippen LogP contribution in [0.25, 0.3) is 0 Å². The summed E-state index contributed by atoms with van der Waals surface area (Å²) in [6.07, 6.45) is 2.33. The molecule has 1 atom stereocenters. The topological polar surface area (TPSA) is 67.4 Å². The summed E-state index contributed by atoms with van der Waals surface area (Å²) < 4.78 is 5.72. The zero-order valence-corrected chi connectivity index (χ0v) is 13.2. The zero-order chi connectivity index (χ0) is 16.1. The molecule has 23 heavy (non-hydrogen) atoms. The van der Waals surface area contributed by atoms with Gasteiger partial charge in [-0.3, -0.25) is 0 Å². The van der Waals surface area contributed by atoms with Crippen molar-refractivity contribution in [1.82, 2.24) is 20.4 Å². The predicted octanol–water partition coefficient (Wildman–Crippen LogP) is 2.49. The van der Waals surface area contributed by atoms with Crippen LogP contribution in [-0.2, 0) is 6.54 Å². The molecule has 0 spiro atoms. The monoisotopic (exact) mass is 332 g/mol. The SMILES string of the molecule is O=C(NCc1ccc(Cl)cc1)N1CCC(Oc2cccnn2)C1. The van der Waals surface area contributed by atoms with Crippen LogP contribution in [0.1, 0.15) is 12.0 Å². The molecule has 1 aromatic heterocycles. The molecule has 2 amide bonds. The third kappa shape index (κ3) is 4.32. The summed E-state index contributed by atoms with van der Waals surface area (Å²) in [5, 5.41) is 11.3. The van der Waals surface area contributed by atoms with E-state index < -0.39 is 0 Å². The van der Waals surface area contributed by atoms with E-state index in [1.54, 1.807) is 23.2 Å². The first-order valence-electron chi connectivity index (χ1n) is 7.42. The first-order valence-corrected chi connectivity index (χ1v) is 7.80. The van der Waals surface area contributed by atoms with Gasteiger partial charge >= 0.3 is 6.03 Å². The molecule has 0 bridgehead atoms. The summed E-state index contributed by atoms with van der Waals surface area (Å²) in [5.41, 5.74) is 1.01. The third-order valence-electron chi connectivity index (χ3n) is 3.62. The first kappa shape index (κ1) is 15.6. The van der Waals surface area contributed by atoms with Crippen molar-refractivity contribution in [2.45, 2.75) is 19.1 Å². The second-order valence-electron chi connectivity index (χ2n) is 5.32. The number of urea groups is 1. The lowest BCUT2D eigenvalue weighted by molar-refractivity contribution is 0.182. The molecule has 3 rings (SSSR count). The fourth-order valence-corrected chi connectivity index (χ4v) is 2.55. The number of likely N-dealkylation sites (tertiary alicyclic amines) is 1. The Morgan fingerprint density at radius 1 is 1.35 bits per heavy atom. The smallest absolute Gasteiger partial charge is 0.317 e. The normalized spacial score (nSPS) is 17.1. The van der Waals surface area contributed by atoms with Crippen LogP contribution in [0.15, 0.2) is 42.6 Å². The lowest BCUT2D eigenvalue weighted by Gasteiger charge is -2.17. The second kappa shape index (κ2) is 7.28. The predicted molar refractivity (Wildman–Crippen MR) is 86.3 cm³/mol. The number of carbonyl (C=O) groups excluding carboxylic acids is 1. The molecular weight excluding hydrogens is 316 g/mol. The summed E-state index contributed by atoms with van der Waals surface area (Å²) >= 11 is 5.84. The molecule has 1 N–H and O–H groups in total. The van der Waals surface area contributed by atoms with Gasteiger partial charge in [-0.15, -0.1) is 5.10 Å². The minimum absolute atomic E-state index is 0.0482. The highest BCUT2D eigenvalue weighted by Gasteiger charge is 2.27. The van der Waals surface area contributed by atoms with Gasteiger partial charge in [-0.25, -0.2) is 4.79 Å². The molecular formula is C16H17ClN4O2. The van der Waals surface area contributed by atoms with Gasteiger partial charge in [-0.05, 0) is 23.8 Å². The Morgan fingerprint density at radius 2 is 2.17 bits per heavy atom. The lowest BCUT2D eigenvalue weighted by atomic mass is 10.2. The molecule has 1 aliphatic rings. The fourth-order valence-electron chi connectivity index (χ4n) is 2.42.